The molecule has 4 rings (SSSR count). The molecule has 0 aliphatic heterocycles. The van der Waals surface area contributed by atoms with Gasteiger partial charge in [-0.1, -0.05) is 117 Å². The molecular formula is C27H28N2. The molecule has 0 fully saturated rings. The molecule has 0 aliphatic carbocycles. The average molecular weight is 381 g/mol. The summed E-state index contributed by atoms with van der Waals surface area (Å²) in [5.41, 5.74) is 5.83. The summed E-state index contributed by atoms with van der Waals surface area (Å²) in [5.74, 6) is 1.06. The molecule has 0 spiro atoms. The molecule has 0 atom stereocenters. The number of unbranched alkanes of at least 4 members (excludes halogenated alkanes) is 3. The monoisotopic (exact) mass is 380 g/mol. The third kappa shape index (κ3) is 4.32. The topological polar surface area (TPSA) is 17.8 Å². The summed E-state index contributed by atoms with van der Waals surface area (Å²) in [4.78, 5) is 5.19. The first-order valence-electron chi connectivity index (χ1n) is 10.6. The third-order valence-corrected chi connectivity index (χ3v) is 5.33. The molecule has 2 nitrogen and oxygen atoms in total. The predicted octanol–water partition coefficient (Wildman–Crippen LogP) is 7.46. The number of benzene rings is 3. The summed E-state index contributed by atoms with van der Waals surface area (Å²) in [7, 11) is 0. The zero-order valence-electron chi connectivity index (χ0n) is 17.1. The fourth-order valence-electron chi connectivity index (χ4n) is 3.86. The molecule has 0 saturated heterocycles. The Morgan fingerprint density at radius 3 is 1.76 bits per heavy atom. The second-order valence-electron chi connectivity index (χ2n) is 7.44. The quantitative estimate of drug-likeness (QED) is 0.290. The molecule has 4 aromatic rings. The lowest BCUT2D eigenvalue weighted by atomic mass is 10.0. The fourth-order valence-corrected chi connectivity index (χ4v) is 3.86. The minimum absolute atomic E-state index is 0.980. The standard InChI is InChI=1S/C27H28N2/c1-2-3-4-14-21-29-26(23-17-10-6-11-18-23)25(22-15-8-5-9-16-22)28-27(29)24-19-12-7-13-20-24/h5-13,15-20H,2-4,14,21H2,1H3. The van der Waals surface area contributed by atoms with Crippen molar-refractivity contribution < 1.29 is 0 Å². The van der Waals surface area contributed by atoms with E-state index >= 15 is 0 Å². The summed E-state index contributed by atoms with van der Waals surface area (Å²) < 4.78 is 2.43. The summed E-state index contributed by atoms with van der Waals surface area (Å²) in [6.07, 6.45) is 4.94. The minimum Gasteiger partial charge on any atom is -0.323 e. The van der Waals surface area contributed by atoms with Gasteiger partial charge in [0.1, 0.15) is 5.82 Å². The Morgan fingerprint density at radius 1 is 0.621 bits per heavy atom. The van der Waals surface area contributed by atoms with Crippen LogP contribution in [0.3, 0.4) is 0 Å². The number of hydrogen-bond donors (Lipinski definition) is 0. The van der Waals surface area contributed by atoms with Crippen LogP contribution in [0.5, 0.6) is 0 Å². The molecule has 0 saturated carbocycles. The summed E-state index contributed by atoms with van der Waals surface area (Å²) in [6, 6.07) is 31.8. The van der Waals surface area contributed by atoms with Gasteiger partial charge in [-0.15, -0.1) is 0 Å². The minimum atomic E-state index is 0.980. The van der Waals surface area contributed by atoms with E-state index in [-0.39, 0.29) is 0 Å². The molecule has 0 bridgehead atoms. The molecule has 0 aliphatic rings. The number of hydrogen-bond acceptors (Lipinski definition) is 1. The van der Waals surface area contributed by atoms with Gasteiger partial charge in [-0.05, 0) is 6.42 Å². The van der Waals surface area contributed by atoms with Crippen molar-refractivity contribution >= 4 is 0 Å². The Labute approximate surface area is 173 Å². The smallest absolute Gasteiger partial charge is 0.141 e. The highest BCUT2D eigenvalue weighted by atomic mass is 15.1. The van der Waals surface area contributed by atoms with Gasteiger partial charge in [0.2, 0.25) is 0 Å². The van der Waals surface area contributed by atoms with Crippen LogP contribution in [-0.4, -0.2) is 9.55 Å². The van der Waals surface area contributed by atoms with Gasteiger partial charge in [0.25, 0.3) is 0 Å². The van der Waals surface area contributed by atoms with E-state index in [2.05, 4.69) is 102 Å². The van der Waals surface area contributed by atoms with Crippen molar-refractivity contribution in [3.05, 3.63) is 91.0 Å². The number of aromatic nitrogens is 2. The van der Waals surface area contributed by atoms with Gasteiger partial charge in [-0.3, -0.25) is 0 Å². The Morgan fingerprint density at radius 2 is 1.17 bits per heavy atom. The van der Waals surface area contributed by atoms with E-state index in [1.54, 1.807) is 0 Å². The first-order valence-corrected chi connectivity index (χ1v) is 10.6. The predicted molar refractivity (Wildman–Crippen MR) is 123 cm³/mol. The molecule has 0 N–H and O–H groups in total. The molecule has 0 unspecified atom stereocenters. The molecule has 2 heteroatoms. The van der Waals surface area contributed by atoms with Gasteiger partial charge in [-0.25, -0.2) is 4.98 Å². The summed E-state index contributed by atoms with van der Waals surface area (Å²) >= 11 is 0. The van der Waals surface area contributed by atoms with Gasteiger partial charge in [0.15, 0.2) is 0 Å². The second-order valence-corrected chi connectivity index (χ2v) is 7.44. The van der Waals surface area contributed by atoms with Crippen molar-refractivity contribution in [2.45, 2.75) is 39.2 Å². The van der Waals surface area contributed by atoms with Crippen LogP contribution >= 0.6 is 0 Å². The molecule has 3 aromatic carbocycles. The molecule has 146 valence electrons. The SMILES string of the molecule is CCCCCCn1c(-c2ccccc2)nc(-c2ccccc2)c1-c1ccccc1. The van der Waals surface area contributed by atoms with Crippen LogP contribution < -0.4 is 0 Å². The molecule has 0 amide bonds. The highest BCUT2D eigenvalue weighted by Gasteiger charge is 2.20. The first kappa shape index (κ1) is 19.2. The van der Waals surface area contributed by atoms with Crippen LogP contribution in [0, 0.1) is 0 Å². The lowest BCUT2D eigenvalue weighted by molar-refractivity contribution is 0.588. The van der Waals surface area contributed by atoms with Gasteiger partial charge in [0.05, 0.1) is 11.4 Å². The van der Waals surface area contributed by atoms with E-state index in [1.165, 1.54) is 36.1 Å². The van der Waals surface area contributed by atoms with Crippen LogP contribution in [0.25, 0.3) is 33.9 Å². The first-order chi connectivity index (χ1) is 14.4. The van der Waals surface area contributed by atoms with Crippen molar-refractivity contribution in [1.29, 1.82) is 0 Å². The summed E-state index contributed by atoms with van der Waals surface area (Å²) in [6.45, 7) is 3.24. The van der Waals surface area contributed by atoms with Crippen molar-refractivity contribution in [2.24, 2.45) is 0 Å². The van der Waals surface area contributed by atoms with E-state index in [1.807, 2.05) is 0 Å². The summed E-state index contributed by atoms with van der Waals surface area (Å²) in [5, 5.41) is 0. The Bertz CT molecular complexity index is 1020. The van der Waals surface area contributed by atoms with Gasteiger partial charge < -0.3 is 4.57 Å². The maximum absolute atomic E-state index is 5.19. The van der Waals surface area contributed by atoms with Gasteiger partial charge >= 0.3 is 0 Å². The molecule has 0 radical (unpaired) electrons. The van der Waals surface area contributed by atoms with Gasteiger partial charge in [0, 0.05) is 23.2 Å². The van der Waals surface area contributed by atoms with Crippen LogP contribution in [-0.2, 0) is 6.54 Å². The van der Waals surface area contributed by atoms with Crippen molar-refractivity contribution in [2.75, 3.05) is 0 Å². The van der Waals surface area contributed by atoms with E-state index in [9.17, 15) is 0 Å². The van der Waals surface area contributed by atoms with E-state index < -0.39 is 0 Å². The zero-order valence-corrected chi connectivity index (χ0v) is 17.1. The van der Waals surface area contributed by atoms with Crippen LogP contribution in [0.15, 0.2) is 91.0 Å². The normalized spacial score (nSPS) is 10.9. The maximum atomic E-state index is 5.19. The molecule has 1 heterocycles. The number of nitrogens with zero attached hydrogens (tertiary/aromatic N) is 2. The highest BCUT2D eigenvalue weighted by Crippen LogP contribution is 2.36. The zero-order chi connectivity index (χ0) is 19.9. The maximum Gasteiger partial charge on any atom is 0.141 e. The average Bonchev–Trinajstić information content (AvgIpc) is 3.18. The largest absolute Gasteiger partial charge is 0.323 e. The lowest BCUT2D eigenvalue weighted by Crippen LogP contribution is -2.03. The van der Waals surface area contributed by atoms with Crippen molar-refractivity contribution in [1.82, 2.24) is 9.55 Å². The Hall–Kier alpha value is -3.13. The Kier molecular flexibility index (Phi) is 6.21. The highest BCUT2D eigenvalue weighted by molar-refractivity contribution is 5.82. The molecule has 1 aromatic heterocycles. The third-order valence-electron chi connectivity index (χ3n) is 5.33. The number of imidazole rings is 1. The van der Waals surface area contributed by atoms with Crippen molar-refractivity contribution in [3.63, 3.8) is 0 Å². The second kappa shape index (κ2) is 9.38. The molecular weight excluding hydrogens is 352 g/mol. The van der Waals surface area contributed by atoms with Crippen LogP contribution in [0.2, 0.25) is 0 Å². The van der Waals surface area contributed by atoms with Crippen LogP contribution in [0.1, 0.15) is 32.6 Å². The fraction of sp³-hybridized carbons (Fsp3) is 0.222. The van der Waals surface area contributed by atoms with E-state index in [4.69, 9.17) is 4.98 Å². The lowest BCUT2D eigenvalue weighted by Gasteiger charge is -2.13. The van der Waals surface area contributed by atoms with Crippen molar-refractivity contribution in [3.8, 4) is 33.9 Å². The number of rotatable bonds is 8. The van der Waals surface area contributed by atoms with Gasteiger partial charge in [-0.2, -0.15) is 0 Å². The van der Waals surface area contributed by atoms with E-state index in [0.717, 1.165) is 30.0 Å². The van der Waals surface area contributed by atoms with Crippen LogP contribution in [0.4, 0.5) is 0 Å². The van der Waals surface area contributed by atoms with E-state index in [0.29, 0.717) is 0 Å². The molecule has 29 heavy (non-hydrogen) atoms. The Balaban J connectivity index is 1.90.